The van der Waals surface area contributed by atoms with Gasteiger partial charge in [0.05, 0.1) is 32.3 Å². The Labute approximate surface area is 222 Å². The summed E-state index contributed by atoms with van der Waals surface area (Å²) in [5.74, 6) is 0. The molecule has 1 N–H and O–H groups in total. The Hall–Kier alpha value is -1.52. The first kappa shape index (κ1) is 32.7. The number of halogens is 1. The lowest BCUT2D eigenvalue weighted by Crippen LogP contribution is -2.39. The van der Waals surface area contributed by atoms with Gasteiger partial charge in [-0.25, -0.2) is 13.9 Å². The average molecular weight is 583 g/mol. The van der Waals surface area contributed by atoms with Crippen molar-refractivity contribution in [2.45, 2.75) is 84.8 Å². The second kappa shape index (κ2) is 15.3. The molecule has 38 heavy (non-hydrogen) atoms. The van der Waals surface area contributed by atoms with Gasteiger partial charge in [0.15, 0.2) is 31.1 Å². The number of nitriles is 1. The number of ether oxygens (including phenoxy) is 2. The molecule has 1 aromatic rings. The van der Waals surface area contributed by atoms with Crippen molar-refractivity contribution >= 4 is 16.1 Å². The molecule has 1 fully saturated rings. The second-order valence-corrected chi connectivity index (χ2v) is 12.1. The van der Waals surface area contributed by atoms with Crippen molar-refractivity contribution in [1.82, 2.24) is 14.2 Å². The van der Waals surface area contributed by atoms with Crippen molar-refractivity contribution in [1.29, 1.82) is 5.26 Å². The zero-order valence-corrected chi connectivity index (χ0v) is 24.2. The van der Waals surface area contributed by atoms with Crippen LogP contribution in [0.5, 0.6) is 0 Å². The normalized spacial score (nSPS) is 22.9. The third kappa shape index (κ3) is 8.74. The summed E-state index contributed by atoms with van der Waals surface area (Å²) >= 11 is 0. The second-order valence-electron chi connectivity index (χ2n) is 8.72. The van der Waals surface area contributed by atoms with Gasteiger partial charge >= 0.3 is 13.3 Å². The van der Waals surface area contributed by atoms with Crippen LogP contribution in [-0.4, -0.2) is 71.0 Å². The molecule has 0 amide bonds. The summed E-state index contributed by atoms with van der Waals surface area (Å²) in [4.78, 5) is 26.0. The smallest absolute Gasteiger partial charge is 0.337 e. The van der Waals surface area contributed by atoms with Crippen molar-refractivity contribution < 1.29 is 36.5 Å². The molecule has 0 bridgehead atoms. The number of rotatable bonds is 16. The Morgan fingerprint density at radius 1 is 1.24 bits per heavy atom. The van der Waals surface area contributed by atoms with E-state index < -0.39 is 58.5 Å². The highest BCUT2D eigenvalue weighted by Crippen LogP contribution is 2.52. The third-order valence-corrected chi connectivity index (χ3v) is 9.07. The first-order chi connectivity index (χ1) is 18.0. The van der Waals surface area contributed by atoms with Crippen LogP contribution in [0, 0.1) is 11.3 Å². The van der Waals surface area contributed by atoms with Crippen LogP contribution in [0.3, 0.4) is 0 Å². The van der Waals surface area contributed by atoms with Crippen LogP contribution >= 0.6 is 16.1 Å². The van der Waals surface area contributed by atoms with Gasteiger partial charge in [-0.15, -0.1) is 0 Å². The Bertz CT molecular complexity index is 1060. The van der Waals surface area contributed by atoms with Gasteiger partial charge in [0, 0.05) is 24.3 Å². The van der Waals surface area contributed by atoms with E-state index in [1.807, 2.05) is 38.4 Å². The number of H-pyrrole nitrogens is 1. The topological polar surface area (TPSA) is 154 Å². The fraction of sp³-hybridized carbons (Fsp3) is 0.773. The standard InChI is InChI=1S/C22H37FN4O9P2/c1-7-33-38(30,34-8-2)14-31-21-19(18(23)20(35-21)26-12-10-17(28)25-22(26)29)36-37(32-13-9-11-24)27(15(3)4)16(5)6/h10,12,15-16,18-21H,7-9,13-14H2,1-6H3,(H,25,28,29)/t18?,19?,20-,21+,37?/m1/s1. The van der Waals surface area contributed by atoms with Crippen molar-refractivity contribution in [3.63, 3.8) is 0 Å². The van der Waals surface area contributed by atoms with E-state index >= 15 is 4.39 Å². The number of nitrogens with one attached hydrogen (secondary N) is 1. The van der Waals surface area contributed by atoms with Crippen LogP contribution in [0.2, 0.25) is 0 Å². The molecule has 16 heteroatoms. The molecule has 1 saturated heterocycles. The van der Waals surface area contributed by atoms with Gasteiger partial charge in [-0.05, 0) is 41.5 Å². The van der Waals surface area contributed by atoms with E-state index in [1.54, 1.807) is 13.8 Å². The van der Waals surface area contributed by atoms with Gasteiger partial charge in [-0.1, -0.05) is 0 Å². The molecule has 0 radical (unpaired) electrons. The minimum atomic E-state index is -3.70. The van der Waals surface area contributed by atoms with Crippen molar-refractivity contribution in [3.05, 3.63) is 33.1 Å². The molecule has 13 nitrogen and oxygen atoms in total. The Kier molecular flexibility index (Phi) is 13.2. The Morgan fingerprint density at radius 2 is 1.87 bits per heavy atom. The number of hydrogen-bond acceptors (Lipinski definition) is 11. The van der Waals surface area contributed by atoms with Gasteiger partial charge in [0.1, 0.15) is 0 Å². The molecule has 1 aromatic heterocycles. The predicted octanol–water partition coefficient (Wildman–Crippen LogP) is 3.63. The van der Waals surface area contributed by atoms with Gasteiger partial charge in [-0.3, -0.25) is 18.9 Å². The summed E-state index contributed by atoms with van der Waals surface area (Å²) in [5, 5.41) is 8.96. The molecule has 3 unspecified atom stereocenters. The van der Waals surface area contributed by atoms with Crippen LogP contribution in [0.25, 0.3) is 0 Å². The maximum atomic E-state index is 16.0. The number of nitrogens with zero attached hydrogens (tertiary/aromatic N) is 3. The van der Waals surface area contributed by atoms with E-state index in [1.165, 1.54) is 0 Å². The van der Waals surface area contributed by atoms with Gasteiger partial charge in [-0.2, -0.15) is 5.26 Å². The summed E-state index contributed by atoms with van der Waals surface area (Å²) in [5.41, 5.74) is -1.55. The van der Waals surface area contributed by atoms with Crippen LogP contribution in [0.15, 0.2) is 21.9 Å². The lowest BCUT2D eigenvalue weighted by Gasteiger charge is -2.37. The van der Waals surface area contributed by atoms with E-state index in [2.05, 4.69) is 4.98 Å². The molecule has 0 spiro atoms. The SMILES string of the molecule is CCOP(=O)(CO[C@H]1O[C@@H](n2ccc(=O)[nH]c2=O)C(F)C1OP(OCCC#N)N(C(C)C)C(C)C)OCC. The molecule has 0 aromatic carbocycles. The average Bonchev–Trinajstić information content (AvgIpc) is 3.13. The molecule has 0 saturated carbocycles. The number of hydrogen-bond donors (Lipinski definition) is 1. The lowest BCUT2D eigenvalue weighted by atomic mass is 10.2. The highest BCUT2D eigenvalue weighted by Gasteiger charge is 2.51. The van der Waals surface area contributed by atoms with Gasteiger partial charge in [0.2, 0.25) is 0 Å². The molecule has 5 atom stereocenters. The monoisotopic (exact) mass is 582 g/mol. The molecule has 2 heterocycles. The van der Waals surface area contributed by atoms with Crippen LogP contribution in [0.4, 0.5) is 4.39 Å². The maximum Gasteiger partial charge on any atom is 0.356 e. The Balaban J connectivity index is 2.42. The lowest BCUT2D eigenvalue weighted by molar-refractivity contribution is -0.166. The van der Waals surface area contributed by atoms with Crippen LogP contribution in [0.1, 0.15) is 54.2 Å². The first-order valence-electron chi connectivity index (χ1n) is 12.3. The van der Waals surface area contributed by atoms with Crippen molar-refractivity contribution in [3.8, 4) is 6.07 Å². The highest BCUT2D eigenvalue weighted by molar-refractivity contribution is 7.53. The first-order valence-corrected chi connectivity index (χ1v) is 15.2. The fourth-order valence-electron chi connectivity index (χ4n) is 3.76. The van der Waals surface area contributed by atoms with Crippen LogP contribution in [-0.2, 0) is 32.1 Å². The molecule has 1 aliphatic heterocycles. The summed E-state index contributed by atoms with van der Waals surface area (Å²) in [6.07, 6.45) is -5.76. The molecular weight excluding hydrogens is 545 g/mol. The highest BCUT2D eigenvalue weighted by atomic mass is 31.2. The van der Waals surface area contributed by atoms with E-state index in [4.69, 9.17) is 32.8 Å². The van der Waals surface area contributed by atoms with Crippen molar-refractivity contribution in [2.24, 2.45) is 0 Å². The molecular formula is C22H37FN4O9P2. The quantitative estimate of drug-likeness (QED) is 0.224. The van der Waals surface area contributed by atoms with E-state index in [0.717, 1.165) is 16.8 Å². The largest absolute Gasteiger partial charge is 0.356 e. The third-order valence-electron chi connectivity index (χ3n) is 5.18. The summed E-state index contributed by atoms with van der Waals surface area (Å²) in [7, 11) is -5.63. The van der Waals surface area contributed by atoms with E-state index in [9.17, 15) is 14.2 Å². The molecule has 216 valence electrons. The minimum absolute atomic E-state index is 0.0425. The molecule has 1 aliphatic rings. The number of aromatic amines is 1. The van der Waals surface area contributed by atoms with E-state index in [0.29, 0.717) is 0 Å². The summed E-state index contributed by atoms with van der Waals surface area (Å²) < 4.78 is 65.7. The molecule has 2 rings (SSSR count). The number of aromatic nitrogens is 2. The summed E-state index contributed by atoms with van der Waals surface area (Å²) in [6.45, 7) is 11.2. The predicted molar refractivity (Wildman–Crippen MR) is 137 cm³/mol. The Morgan fingerprint density at radius 3 is 2.39 bits per heavy atom. The molecule has 0 aliphatic carbocycles. The van der Waals surface area contributed by atoms with Crippen molar-refractivity contribution in [2.75, 3.05) is 26.2 Å². The van der Waals surface area contributed by atoms with Gasteiger partial charge in [0.25, 0.3) is 14.1 Å². The van der Waals surface area contributed by atoms with Crippen LogP contribution < -0.4 is 11.2 Å². The summed E-state index contributed by atoms with van der Waals surface area (Å²) in [6, 6.07) is 2.90. The van der Waals surface area contributed by atoms with E-state index in [-0.39, 0.29) is 38.3 Å². The zero-order chi connectivity index (χ0) is 28.5. The maximum absolute atomic E-state index is 16.0. The number of alkyl halides is 1. The van der Waals surface area contributed by atoms with Gasteiger partial charge < -0.3 is 27.6 Å². The fourth-order valence-corrected chi connectivity index (χ4v) is 6.83. The minimum Gasteiger partial charge on any atom is -0.337 e. The zero-order valence-electron chi connectivity index (χ0n) is 22.4.